The summed E-state index contributed by atoms with van der Waals surface area (Å²) in [4.78, 5) is 12.0. The van der Waals surface area contributed by atoms with Crippen LogP contribution in [-0.4, -0.2) is 27.7 Å². The molecule has 0 aliphatic heterocycles. The van der Waals surface area contributed by atoms with E-state index in [0.717, 1.165) is 29.4 Å². The number of benzene rings is 3. The Hall–Kier alpha value is -5.09. The summed E-state index contributed by atoms with van der Waals surface area (Å²) in [5.74, 6) is 3.11. The lowest BCUT2D eigenvalue weighted by Crippen LogP contribution is -2.21. The number of rotatable bonds is 8. The minimum Gasteiger partial charge on any atom is -0.490 e. The SMILES string of the molecule is CC(COc1ccc(Oc2ccccc2)cc1)Oc1ccccn1.FC(F)(F)c1ccc2oc(-c3ccncc3Cl)nc2c1. The van der Waals surface area contributed by atoms with Crippen LogP contribution in [0.1, 0.15) is 12.5 Å². The number of ether oxygens (including phenoxy) is 3. The van der Waals surface area contributed by atoms with Crippen molar-refractivity contribution in [1.82, 2.24) is 15.0 Å². The van der Waals surface area contributed by atoms with Gasteiger partial charge >= 0.3 is 6.18 Å². The highest BCUT2D eigenvalue weighted by Gasteiger charge is 2.31. The lowest BCUT2D eigenvalue weighted by atomic mass is 10.2. The van der Waals surface area contributed by atoms with Gasteiger partial charge in [-0.1, -0.05) is 35.9 Å². The van der Waals surface area contributed by atoms with Gasteiger partial charge in [0, 0.05) is 24.7 Å². The van der Waals surface area contributed by atoms with Gasteiger partial charge in [-0.2, -0.15) is 13.2 Å². The van der Waals surface area contributed by atoms with Crippen LogP contribution in [0.15, 0.2) is 120 Å². The summed E-state index contributed by atoms with van der Waals surface area (Å²) in [6, 6.07) is 27.5. The number of hydrogen-bond donors (Lipinski definition) is 0. The minimum atomic E-state index is -4.42. The zero-order valence-electron chi connectivity index (χ0n) is 23.2. The number of alkyl halides is 3. The van der Waals surface area contributed by atoms with Crippen molar-refractivity contribution < 1.29 is 31.8 Å². The van der Waals surface area contributed by atoms with Gasteiger partial charge < -0.3 is 18.6 Å². The van der Waals surface area contributed by atoms with Crippen LogP contribution >= 0.6 is 11.6 Å². The molecule has 3 heterocycles. The molecule has 1 atom stereocenters. The van der Waals surface area contributed by atoms with Crippen molar-refractivity contribution in [2.75, 3.05) is 6.61 Å². The van der Waals surface area contributed by atoms with Gasteiger partial charge in [-0.3, -0.25) is 4.98 Å². The number of halogens is 4. The molecule has 0 aliphatic rings. The molecule has 0 spiro atoms. The number of oxazole rings is 1. The van der Waals surface area contributed by atoms with Gasteiger partial charge in [-0.15, -0.1) is 0 Å². The number of para-hydroxylation sites is 1. The van der Waals surface area contributed by atoms with Crippen molar-refractivity contribution in [3.63, 3.8) is 0 Å². The second-order valence-electron chi connectivity index (χ2n) is 9.35. The quantitative estimate of drug-likeness (QED) is 0.168. The average molecular weight is 620 g/mol. The Morgan fingerprint density at radius 2 is 1.57 bits per heavy atom. The monoisotopic (exact) mass is 619 g/mol. The Labute approximate surface area is 255 Å². The topological polar surface area (TPSA) is 79.5 Å². The number of aromatic nitrogens is 3. The Morgan fingerprint density at radius 1 is 0.841 bits per heavy atom. The van der Waals surface area contributed by atoms with E-state index in [-0.39, 0.29) is 23.1 Å². The highest BCUT2D eigenvalue weighted by Crippen LogP contribution is 2.34. The van der Waals surface area contributed by atoms with E-state index in [1.807, 2.05) is 79.7 Å². The van der Waals surface area contributed by atoms with Crippen molar-refractivity contribution in [2.45, 2.75) is 19.2 Å². The van der Waals surface area contributed by atoms with Crippen molar-refractivity contribution >= 4 is 22.7 Å². The maximum Gasteiger partial charge on any atom is 0.416 e. The van der Waals surface area contributed by atoms with Crippen LogP contribution in [0.3, 0.4) is 0 Å². The summed E-state index contributed by atoms with van der Waals surface area (Å²) in [6.45, 7) is 2.39. The first kappa shape index (κ1) is 30.4. The Bertz CT molecular complexity index is 1780. The molecule has 6 rings (SSSR count). The Morgan fingerprint density at radius 3 is 2.27 bits per heavy atom. The zero-order valence-corrected chi connectivity index (χ0v) is 24.0. The maximum atomic E-state index is 12.6. The fraction of sp³-hybridized carbons (Fsp3) is 0.121. The van der Waals surface area contributed by atoms with Gasteiger partial charge in [0.15, 0.2) is 5.58 Å². The molecule has 44 heavy (non-hydrogen) atoms. The van der Waals surface area contributed by atoms with Gasteiger partial charge in [0.1, 0.15) is 35.5 Å². The van der Waals surface area contributed by atoms with E-state index in [9.17, 15) is 13.2 Å². The molecule has 0 N–H and O–H groups in total. The summed E-state index contributed by atoms with van der Waals surface area (Å²) in [6.07, 6.45) is 0.0975. The molecule has 0 amide bonds. The van der Waals surface area contributed by atoms with Crippen molar-refractivity contribution in [2.24, 2.45) is 0 Å². The van der Waals surface area contributed by atoms with Crippen molar-refractivity contribution in [3.05, 3.63) is 126 Å². The highest BCUT2D eigenvalue weighted by molar-refractivity contribution is 6.33. The molecule has 0 saturated carbocycles. The molecule has 1 unspecified atom stereocenters. The summed E-state index contributed by atoms with van der Waals surface area (Å²) in [5, 5.41) is 0.315. The largest absolute Gasteiger partial charge is 0.490 e. The molecular weight excluding hydrogens is 595 g/mol. The molecular formula is C33H25ClF3N3O4. The first-order valence-corrected chi connectivity index (χ1v) is 13.7. The molecule has 0 saturated heterocycles. The van der Waals surface area contributed by atoms with Crippen LogP contribution in [0, 0.1) is 0 Å². The first-order chi connectivity index (χ1) is 21.2. The summed E-state index contributed by atoms with van der Waals surface area (Å²) < 4.78 is 60.4. The number of hydrogen-bond acceptors (Lipinski definition) is 7. The van der Waals surface area contributed by atoms with Gasteiger partial charge in [-0.25, -0.2) is 9.97 Å². The zero-order chi connectivity index (χ0) is 30.9. The third-order valence-corrected chi connectivity index (χ3v) is 6.27. The lowest BCUT2D eigenvalue weighted by molar-refractivity contribution is -0.137. The van der Waals surface area contributed by atoms with E-state index >= 15 is 0 Å². The van der Waals surface area contributed by atoms with Gasteiger partial charge in [0.05, 0.1) is 16.1 Å². The fourth-order valence-electron chi connectivity index (χ4n) is 3.87. The van der Waals surface area contributed by atoms with Crippen LogP contribution in [-0.2, 0) is 6.18 Å². The molecule has 3 aromatic heterocycles. The lowest BCUT2D eigenvalue weighted by Gasteiger charge is -2.15. The predicted molar refractivity (Wildman–Crippen MR) is 160 cm³/mol. The maximum absolute atomic E-state index is 12.6. The van der Waals surface area contributed by atoms with E-state index in [1.165, 1.54) is 18.5 Å². The second kappa shape index (κ2) is 13.9. The standard InChI is InChI=1S/C20H19NO3.C13H6ClF3N2O/c1-16(23-20-9-5-6-14-21-20)15-22-17-10-12-19(13-11-17)24-18-7-3-2-4-8-18;14-9-6-18-4-3-8(9)12-19-10-5-7(13(15,16)17)1-2-11(10)20-12/h2-14,16H,15H2,1H3;1-6H. The molecule has 0 radical (unpaired) electrons. The van der Waals surface area contributed by atoms with E-state index in [4.69, 9.17) is 30.2 Å². The van der Waals surface area contributed by atoms with Gasteiger partial charge in [-0.05, 0) is 73.7 Å². The van der Waals surface area contributed by atoms with E-state index in [0.29, 0.717) is 23.1 Å². The third-order valence-electron chi connectivity index (χ3n) is 5.96. The van der Waals surface area contributed by atoms with E-state index in [2.05, 4.69) is 15.0 Å². The van der Waals surface area contributed by atoms with E-state index < -0.39 is 11.7 Å². The average Bonchev–Trinajstić information content (AvgIpc) is 3.45. The van der Waals surface area contributed by atoms with Gasteiger partial charge in [0.2, 0.25) is 11.8 Å². The molecule has 6 aromatic rings. The first-order valence-electron chi connectivity index (χ1n) is 13.4. The third kappa shape index (κ3) is 8.26. The summed E-state index contributed by atoms with van der Waals surface area (Å²) >= 11 is 5.95. The van der Waals surface area contributed by atoms with Crippen LogP contribution in [0.5, 0.6) is 23.1 Å². The van der Waals surface area contributed by atoms with E-state index in [1.54, 1.807) is 12.3 Å². The van der Waals surface area contributed by atoms with Gasteiger partial charge in [0.25, 0.3) is 0 Å². The normalized spacial score (nSPS) is 11.8. The molecule has 224 valence electrons. The summed E-state index contributed by atoms with van der Waals surface area (Å²) in [7, 11) is 0. The Balaban J connectivity index is 0.000000177. The number of fused-ring (bicyclic) bond motifs is 1. The molecule has 0 bridgehead atoms. The molecule has 0 aliphatic carbocycles. The molecule has 11 heteroatoms. The van der Waals surface area contributed by atoms with Crippen LogP contribution in [0.25, 0.3) is 22.6 Å². The number of nitrogens with zero attached hydrogens (tertiary/aromatic N) is 3. The van der Waals surface area contributed by atoms with Crippen molar-refractivity contribution in [3.8, 4) is 34.6 Å². The number of pyridine rings is 2. The molecule has 0 fully saturated rings. The summed E-state index contributed by atoms with van der Waals surface area (Å²) in [5.41, 5.74) is 0.0979. The highest BCUT2D eigenvalue weighted by atomic mass is 35.5. The smallest absolute Gasteiger partial charge is 0.416 e. The minimum absolute atomic E-state index is 0.0971. The van der Waals surface area contributed by atoms with Crippen molar-refractivity contribution in [1.29, 1.82) is 0 Å². The predicted octanol–water partition coefficient (Wildman–Crippen LogP) is 9.28. The van der Waals surface area contributed by atoms with Crippen LogP contribution in [0.2, 0.25) is 5.02 Å². The molecule has 7 nitrogen and oxygen atoms in total. The molecule has 3 aromatic carbocycles. The van der Waals surface area contributed by atoms with Crippen LogP contribution < -0.4 is 14.2 Å². The second-order valence-corrected chi connectivity index (χ2v) is 9.76. The fourth-order valence-corrected chi connectivity index (χ4v) is 4.07. The Kier molecular flexibility index (Phi) is 9.61. The van der Waals surface area contributed by atoms with Crippen LogP contribution in [0.4, 0.5) is 13.2 Å².